The van der Waals surface area contributed by atoms with E-state index in [2.05, 4.69) is 11.4 Å². The van der Waals surface area contributed by atoms with Crippen molar-refractivity contribution in [3.05, 3.63) is 71.8 Å². The standard InChI is InChI=1S/C22H24N2O3/c1-24(15-19-6-4-5-7-21(19)27-3)22(25)23-14-16-8-9-18-13-20(26-2)11-10-17(18)12-16/h4-13H,14-15H2,1-3H3,(H,23,25). The molecule has 5 nitrogen and oxygen atoms in total. The zero-order chi connectivity index (χ0) is 19.2. The zero-order valence-electron chi connectivity index (χ0n) is 15.9. The summed E-state index contributed by atoms with van der Waals surface area (Å²) in [5.74, 6) is 1.61. The van der Waals surface area contributed by atoms with Crippen molar-refractivity contribution in [3.8, 4) is 11.5 Å². The molecular formula is C22H24N2O3. The molecule has 3 aromatic carbocycles. The van der Waals surface area contributed by atoms with E-state index in [-0.39, 0.29) is 6.03 Å². The van der Waals surface area contributed by atoms with Gasteiger partial charge in [-0.2, -0.15) is 0 Å². The van der Waals surface area contributed by atoms with E-state index in [1.54, 1.807) is 26.2 Å². The molecule has 3 rings (SSSR count). The van der Waals surface area contributed by atoms with Gasteiger partial charge in [0.05, 0.1) is 20.8 Å². The molecule has 0 spiro atoms. The number of hydrogen-bond acceptors (Lipinski definition) is 3. The molecule has 3 aromatic rings. The summed E-state index contributed by atoms with van der Waals surface area (Å²) < 4.78 is 10.6. The van der Waals surface area contributed by atoms with Gasteiger partial charge in [-0.1, -0.05) is 36.4 Å². The summed E-state index contributed by atoms with van der Waals surface area (Å²) in [5, 5.41) is 5.19. The highest BCUT2D eigenvalue weighted by Gasteiger charge is 2.11. The maximum absolute atomic E-state index is 12.4. The number of fused-ring (bicyclic) bond motifs is 1. The molecule has 1 N–H and O–H groups in total. The lowest BCUT2D eigenvalue weighted by molar-refractivity contribution is 0.206. The molecule has 27 heavy (non-hydrogen) atoms. The van der Waals surface area contributed by atoms with Crippen LogP contribution in [-0.4, -0.2) is 32.2 Å². The topological polar surface area (TPSA) is 50.8 Å². The Hall–Kier alpha value is -3.21. The van der Waals surface area contributed by atoms with Crippen molar-refractivity contribution in [1.82, 2.24) is 10.2 Å². The molecule has 0 atom stereocenters. The maximum Gasteiger partial charge on any atom is 0.317 e. The van der Waals surface area contributed by atoms with Gasteiger partial charge in [-0.05, 0) is 40.6 Å². The number of urea groups is 1. The summed E-state index contributed by atoms with van der Waals surface area (Å²) in [7, 11) is 5.06. The number of methoxy groups -OCH3 is 2. The van der Waals surface area contributed by atoms with E-state index in [0.717, 1.165) is 33.4 Å². The van der Waals surface area contributed by atoms with Crippen LogP contribution >= 0.6 is 0 Å². The smallest absolute Gasteiger partial charge is 0.317 e. The molecule has 0 aliphatic heterocycles. The first-order valence-corrected chi connectivity index (χ1v) is 8.78. The lowest BCUT2D eigenvalue weighted by Gasteiger charge is -2.19. The lowest BCUT2D eigenvalue weighted by Crippen LogP contribution is -2.36. The Balaban J connectivity index is 1.62. The summed E-state index contributed by atoms with van der Waals surface area (Å²) in [5.41, 5.74) is 2.02. The molecule has 0 aliphatic rings. The van der Waals surface area contributed by atoms with Gasteiger partial charge in [-0.25, -0.2) is 4.79 Å². The summed E-state index contributed by atoms with van der Waals surface area (Å²) in [6.45, 7) is 0.949. The van der Waals surface area contributed by atoms with E-state index in [9.17, 15) is 4.79 Å². The summed E-state index contributed by atoms with van der Waals surface area (Å²) in [6.07, 6.45) is 0. The molecule has 0 saturated carbocycles. The van der Waals surface area contributed by atoms with Gasteiger partial charge in [0.25, 0.3) is 0 Å². The molecule has 140 valence electrons. The summed E-state index contributed by atoms with van der Waals surface area (Å²) in [6, 6.07) is 19.7. The number of carbonyl (C=O) groups excluding carboxylic acids is 1. The van der Waals surface area contributed by atoms with Crippen molar-refractivity contribution < 1.29 is 14.3 Å². The van der Waals surface area contributed by atoms with Crippen LogP contribution < -0.4 is 14.8 Å². The molecule has 0 bridgehead atoms. The van der Waals surface area contributed by atoms with Gasteiger partial charge in [-0.15, -0.1) is 0 Å². The van der Waals surface area contributed by atoms with Crippen LogP contribution in [0.15, 0.2) is 60.7 Å². The quantitative estimate of drug-likeness (QED) is 0.713. The highest BCUT2D eigenvalue weighted by Crippen LogP contribution is 2.22. The Morgan fingerprint density at radius 2 is 1.70 bits per heavy atom. The Kier molecular flexibility index (Phi) is 5.81. The Labute approximate surface area is 159 Å². The average molecular weight is 364 g/mol. The van der Waals surface area contributed by atoms with Crippen LogP contribution in [0.25, 0.3) is 10.8 Å². The zero-order valence-corrected chi connectivity index (χ0v) is 15.9. The van der Waals surface area contributed by atoms with Crippen LogP contribution in [0.1, 0.15) is 11.1 Å². The van der Waals surface area contributed by atoms with Crippen molar-refractivity contribution >= 4 is 16.8 Å². The summed E-state index contributed by atoms with van der Waals surface area (Å²) in [4.78, 5) is 14.1. The van der Waals surface area contributed by atoms with E-state index >= 15 is 0 Å². The Morgan fingerprint density at radius 3 is 2.48 bits per heavy atom. The number of para-hydroxylation sites is 1. The van der Waals surface area contributed by atoms with E-state index < -0.39 is 0 Å². The van der Waals surface area contributed by atoms with Crippen molar-refractivity contribution in [2.45, 2.75) is 13.1 Å². The Morgan fingerprint density at radius 1 is 0.963 bits per heavy atom. The van der Waals surface area contributed by atoms with Crippen LogP contribution in [0.2, 0.25) is 0 Å². The van der Waals surface area contributed by atoms with Gasteiger partial charge in [0.15, 0.2) is 0 Å². The van der Waals surface area contributed by atoms with Gasteiger partial charge in [0.1, 0.15) is 11.5 Å². The largest absolute Gasteiger partial charge is 0.497 e. The fraction of sp³-hybridized carbons (Fsp3) is 0.227. The van der Waals surface area contributed by atoms with Gasteiger partial charge in [0, 0.05) is 19.2 Å². The molecule has 5 heteroatoms. The first-order chi connectivity index (χ1) is 13.1. The second-order valence-electron chi connectivity index (χ2n) is 6.37. The van der Waals surface area contributed by atoms with Crippen molar-refractivity contribution in [3.63, 3.8) is 0 Å². The second-order valence-corrected chi connectivity index (χ2v) is 6.37. The fourth-order valence-corrected chi connectivity index (χ4v) is 2.98. The molecule has 0 fully saturated rings. The molecule has 2 amide bonds. The SMILES string of the molecule is COc1ccc2cc(CNC(=O)N(C)Cc3ccccc3OC)ccc2c1. The van der Waals surface area contributed by atoms with E-state index in [0.29, 0.717) is 13.1 Å². The molecule has 0 radical (unpaired) electrons. The minimum Gasteiger partial charge on any atom is -0.497 e. The number of hydrogen-bond donors (Lipinski definition) is 1. The number of rotatable bonds is 6. The van der Waals surface area contributed by atoms with Crippen molar-refractivity contribution in [1.29, 1.82) is 0 Å². The number of benzene rings is 3. The van der Waals surface area contributed by atoms with E-state index in [1.807, 2.05) is 54.6 Å². The van der Waals surface area contributed by atoms with Gasteiger partial charge < -0.3 is 19.7 Å². The van der Waals surface area contributed by atoms with Crippen LogP contribution in [-0.2, 0) is 13.1 Å². The number of carbonyl (C=O) groups is 1. The van der Waals surface area contributed by atoms with E-state index in [4.69, 9.17) is 9.47 Å². The van der Waals surface area contributed by atoms with Gasteiger partial charge >= 0.3 is 6.03 Å². The third-order valence-corrected chi connectivity index (χ3v) is 4.50. The third-order valence-electron chi connectivity index (χ3n) is 4.50. The minimum atomic E-state index is -0.129. The highest BCUT2D eigenvalue weighted by atomic mass is 16.5. The van der Waals surface area contributed by atoms with Crippen LogP contribution in [0.3, 0.4) is 0 Å². The monoisotopic (exact) mass is 364 g/mol. The minimum absolute atomic E-state index is 0.129. The average Bonchev–Trinajstić information content (AvgIpc) is 2.71. The second kappa shape index (κ2) is 8.45. The molecule has 0 aliphatic carbocycles. The van der Waals surface area contributed by atoms with Crippen LogP contribution in [0, 0.1) is 0 Å². The third kappa shape index (κ3) is 4.50. The summed E-state index contributed by atoms with van der Waals surface area (Å²) >= 11 is 0. The predicted octanol–water partition coefficient (Wildman–Crippen LogP) is 4.20. The Bertz CT molecular complexity index is 940. The molecule has 0 heterocycles. The van der Waals surface area contributed by atoms with Crippen molar-refractivity contribution in [2.24, 2.45) is 0 Å². The predicted molar refractivity (Wildman–Crippen MR) is 107 cm³/mol. The first-order valence-electron chi connectivity index (χ1n) is 8.78. The number of amides is 2. The van der Waals surface area contributed by atoms with Crippen LogP contribution in [0.4, 0.5) is 4.79 Å². The maximum atomic E-state index is 12.4. The normalized spacial score (nSPS) is 10.5. The first kappa shape index (κ1) is 18.6. The van der Waals surface area contributed by atoms with Crippen LogP contribution in [0.5, 0.6) is 11.5 Å². The molecular weight excluding hydrogens is 340 g/mol. The number of nitrogens with one attached hydrogen (secondary N) is 1. The molecule has 0 unspecified atom stereocenters. The van der Waals surface area contributed by atoms with Gasteiger partial charge in [0.2, 0.25) is 0 Å². The van der Waals surface area contributed by atoms with E-state index in [1.165, 1.54) is 0 Å². The number of nitrogens with zero attached hydrogens (tertiary/aromatic N) is 1. The van der Waals surface area contributed by atoms with Crippen molar-refractivity contribution in [2.75, 3.05) is 21.3 Å². The fourth-order valence-electron chi connectivity index (χ4n) is 2.98. The number of ether oxygens (including phenoxy) is 2. The highest BCUT2D eigenvalue weighted by molar-refractivity contribution is 5.84. The molecule has 0 aromatic heterocycles. The molecule has 0 saturated heterocycles. The van der Waals surface area contributed by atoms with Gasteiger partial charge in [-0.3, -0.25) is 0 Å². The lowest BCUT2D eigenvalue weighted by atomic mass is 10.1.